The maximum absolute atomic E-state index is 13.3. The van der Waals surface area contributed by atoms with Crippen molar-refractivity contribution in [1.82, 2.24) is 9.29 Å². The molecule has 0 saturated heterocycles. The third-order valence-corrected chi connectivity index (χ3v) is 7.74. The molecule has 3 rings (SSSR count). The first kappa shape index (κ1) is 24.4. The SMILES string of the molecule is CCc1ccc(C(=O)Nc2nc3ccc(S(=O)(=O)N(CC(C)C)CC(C)C)cc3s2)cc1. The van der Waals surface area contributed by atoms with E-state index in [1.165, 1.54) is 16.9 Å². The van der Waals surface area contributed by atoms with Crippen LogP contribution >= 0.6 is 11.3 Å². The zero-order valence-electron chi connectivity index (χ0n) is 19.3. The quantitative estimate of drug-likeness (QED) is 0.450. The van der Waals surface area contributed by atoms with Gasteiger partial charge < -0.3 is 0 Å². The number of thiazole rings is 1. The molecule has 0 unspecified atom stereocenters. The molecule has 0 aliphatic heterocycles. The minimum Gasteiger partial charge on any atom is -0.298 e. The highest BCUT2D eigenvalue weighted by Gasteiger charge is 2.26. The van der Waals surface area contributed by atoms with E-state index in [-0.39, 0.29) is 22.6 Å². The summed E-state index contributed by atoms with van der Waals surface area (Å²) < 4.78 is 28.9. The van der Waals surface area contributed by atoms with Crippen LogP contribution < -0.4 is 5.32 Å². The van der Waals surface area contributed by atoms with Gasteiger partial charge >= 0.3 is 0 Å². The molecular weight excluding hydrogens is 442 g/mol. The lowest BCUT2D eigenvalue weighted by Crippen LogP contribution is -2.37. The lowest BCUT2D eigenvalue weighted by Gasteiger charge is -2.25. The zero-order chi connectivity index (χ0) is 23.5. The fourth-order valence-electron chi connectivity index (χ4n) is 3.41. The summed E-state index contributed by atoms with van der Waals surface area (Å²) in [6, 6.07) is 12.4. The number of hydrogen-bond acceptors (Lipinski definition) is 5. The molecule has 0 radical (unpaired) electrons. The van der Waals surface area contributed by atoms with Crippen LogP contribution in [0.25, 0.3) is 10.2 Å². The summed E-state index contributed by atoms with van der Waals surface area (Å²) in [5, 5.41) is 3.27. The summed E-state index contributed by atoms with van der Waals surface area (Å²) >= 11 is 1.27. The van der Waals surface area contributed by atoms with E-state index in [4.69, 9.17) is 0 Å². The molecule has 1 aromatic heterocycles. The van der Waals surface area contributed by atoms with Crippen LogP contribution in [0.3, 0.4) is 0 Å². The number of aryl methyl sites for hydroxylation is 1. The summed E-state index contributed by atoms with van der Waals surface area (Å²) in [4.78, 5) is 17.3. The third-order valence-electron chi connectivity index (χ3n) is 4.98. The highest BCUT2D eigenvalue weighted by molar-refractivity contribution is 7.89. The Kier molecular flexibility index (Phi) is 7.69. The summed E-state index contributed by atoms with van der Waals surface area (Å²) in [5.74, 6) is 0.215. The maximum Gasteiger partial charge on any atom is 0.257 e. The smallest absolute Gasteiger partial charge is 0.257 e. The largest absolute Gasteiger partial charge is 0.298 e. The van der Waals surface area contributed by atoms with Crippen LogP contribution in [0.5, 0.6) is 0 Å². The Morgan fingerprint density at radius 2 is 1.66 bits per heavy atom. The molecule has 1 heterocycles. The van der Waals surface area contributed by atoms with E-state index in [0.29, 0.717) is 29.3 Å². The fraction of sp³-hybridized carbons (Fsp3) is 0.417. The first-order valence-electron chi connectivity index (χ1n) is 10.9. The lowest BCUT2D eigenvalue weighted by atomic mass is 10.1. The Morgan fingerprint density at radius 1 is 1.03 bits per heavy atom. The minimum atomic E-state index is -3.62. The van der Waals surface area contributed by atoms with E-state index in [1.54, 1.807) is 34.6 Å². The second-order valence-corrected chi connectivity index (χ2v) is 11.7. The summed E-state index contributed by atoms with van der Waals surface area (Å²) in [5.41, 5.74) is 2.38. The van der Waals surface area contributed by atoms with Crippen molar-refractivity contribution >= 4 is 42.6 Å². The Labute approximate surface area is 194 Å². The number of nitrogens with one attached hydrogen (secondary N) is 1. The van der Waals surface area contributed by atoms with Crippen molar-refractivity contribution in [2.45, 2.75) is 45.9 Å². The normalized spacial score (nSPS) is 12.2. The highest BCUT2D eigenvalue weighted by atomic mass is 32.2. The van der Waals surface area contributed by atoms with Crippen LogP contribution in [-0.4, -0.2) is 36.7 Å². The van der Waals surface area contributed by atoms with Crippen molar-refractivity contribution in [2.75, 3.05) is 18.4 Å². The van der Waals surface area contributed by atoms with Gasteiger partial charge in [-0.2, -0.15) is 4.31 Å². The molecule has 0 saturated carbocycles. The molecule has 0 fully saturated rings. The Bertz CT molecular complexity index is 1170. The second-order valence-electron chi connectivity index (χ2n) is 8.76. The van der Waals surface area contributed by atoms with E-state index in [1.807, 2.05) is 39.8 Å². The van der Waals surface area contributed by atoms with Crippen LogP contribution in [0.15, 0.2) is 47.4 Å². The van der Waals surface area contributed by atoms with E-state index >= 15 is 0 Å². The molecule has 32 heavy (non-hydrogen) atoms. The van der Waals surface area contributed by atoms with Gasteiger partial charge in [0.25, 0.3) is 5.91 Å². The number of nitrogens with zero attached hydrogens (tertiary/aromatic N) is 2. The maximum atomic E-state index is 13.3. The monoisotopic (exact) mass is 473 g/mol. The predicted octanol–water partition coefficient (Wildman–Crippen LogP) is 5.41. The number of fused-ring (bicyclic) bond motifs is 1. The Hall–Kier alpha value is -2.29. The van der Waals surface area contributed by atoms with Gasteiger partial charge in [-0.25, -0.2) is 13.4 Å². The second kappa shape index (κ2) is 10.1. The molecule has 3 aromatic rings. The minimum absolute atomic E-state index is 0.226. The van der Waals surface area contributed by atoms with Crippen molar-refractivity contribution in [2.24, 2.45) is 11.8 Å². The number of carbonyl (C=O) groups excluding carboxylic acids is 1. The summed E-state index contributed by atoms with van der Waals surface area (Å²) in [6.07, 6.45) is 0.913. The number of hydrogen-bond donors (Lipinski definition) is 1. The van der Waals surface area contributed by atoms with Crippen molar-refractivity contribution < 1.29 is 13.2 Å². The third kappa shape index (κ3) is 5.74. The molecule has 0 spiro atoms. The van der Waals surface area contributed by atoms with Crippen molar-refractivity contribution in [3.05, 3.63) is 53.6 Å². The Morgan fingerprint density at radius 3 is 2.22 bits per heavy atom. The number of benzene rings is 2. The first-order valence-corrected chi connectivity index (χ1v) is 13.2. The summed E-state index contributed by atoms with van der Waals surface area (Å²) in [6.45, 7) is 11.1. The van der Waals surface area contributed by atoms with Gasteiger partial charge in [-0.15, -0.1) is 0 Å². The Balaban J connectivity index is 1.85. The van der Waals surface area contributed by atoms with Crippen LogP contribution in [0, 0.1) is 11.8 Å². The molecule has 6 nitrogen and oxygen atoms in total. The van der Waals surface area contributed by atoms with E-state index in [9.17, 15) is 13.2 Å². The van der Waals surface area contributed by atoms with E-state index in [0.717, 1.165) is 11.1 Å². The topological polar surface area (TPSA) is 79.4 Å². The molecule has 2 aromatic carbocycles. The van der Waals surface area contributed by atoms with Gasteiger partial charge in [-0.3, -0.25) is 10.1 Å². The predicted molar refractivity (Wildman–Crippen MR) is 132 cm³/mol. The number of anilines is 1. The van der Waals surface area contributed by atoms with Crippen molar-refractivity contribution in [3.63, 3.8) is 0 Å². The molecule has 0 bridgehead atoms. The molecule has 172 valence electrons. The van der Waals surface area contributed by atoms with E-state index in [2.05, 4.69) is 17.2 Å². The van der Waals surface area contributed by atoms with Crippen LogP contribution in [-0.2, 0) is 16.4 Å². The highest BCUT2D eigenvalue weighted by Crippen LogP contribution is 2.30. The molecule has 8 heteroatoms. The van der Waals surface area contributed by atoms with Gasteiger partial charge in [-0.1, -0.05) is 58.1 Å². The fourth-order valence-corrected chi connectivity index (χ4v) is 6.18. The van der Waals surface area contributed by atoms with Crippen molar-refractivity contribution in [1.29, 1.82) is 0 Å². The molecule has 1 N–H and O–H groups in total. The van der Waals surface area contributed by atoms with Crippen LogP contribution in [0.1, 0.15) is 50.5 Å². The molecular formula is C24H31N3O3S2. The molecule has 0 atom stereocenters. The molecule has 1 amide bonds. The standard InChI is InChI=1S/C24H31N3O3S2/c1-6-18-7-9-19(10-8-18)23(28)26-24-25-21-12-11-20(13-22(21)31-24)32(29,30)27(14-16(2)3)15-17(4)5/h7-13,16-17H,6,14-15H2,1-5H3,(H,25,26,28). The average Bonchev–Trinajstić information content (AvgIpc) is 3.14. The first-order chi connectivity index (χ1) is 15.1. The lowest BCUT2D eigenvalue weighted by molar-refractivity contribution is 0.102. The average molecular weight is 474 g/mol. The number of amides is 1. The van der Waals surface area contributed by atoms with Gasteiger partial charge in [0.15, 0.2) is 5.13 Å². The van der Waals surface area contributed by atoms with Gasteiger partial charge in [0.05, 0.1) is 15.1 Å². The van der Waals surface area contributed by atoms with Crippen LogP contribution in [0.4, 0.5) is 5.13 Å². The molecule has 0 aliphatic rings. The zero-order valence-corrected chi connectivity index (χ0v) is 20.9. The number of sulfonamides is 1. The van der Waals surface area contributed by atoms with Gasteiger partial charge in [0, 0.05) is 18.7 Å². The number of carbonyl (C=O) groups is 1. The molecule has 0 aliphatic carbocycles. The summed E-state index contributed by atoms with van der Waals surface area (Å²) in [7, 11) is -3.62. The number of aromatic nitrogens is 1. The van der Waals surface area contributed by atoms with Gasteiger partial charge in [0.1, 0.15) is 0 Å². The van der Waals surface area contributed by atoms with E-state index < -0.39 is 10.0 Å². The van der Waals surface area contributed by atoms with Crippen LogP contribution in [0.2, 0.25) is 0 Å². The van der Waals surface area contributed by atoms with Gasteiger partial charge in [0.2, 0.25) is 10.0 Å². The number of rotatable bonds is 9. The van der Waals surface area contributed by atoms with Gasteiger partial charge in [-0.05, 0) is 54.2 Å². The van der Waals surface area contributed by atoms with Crippen molar-refractivity contribution in [3.8, 4) is 0 Å².